The SMILES string of the molecule is Cc1ccc(Cl)cc1N(CC(=O)N(Cc1ccccc1Cl)C(Cc1ccccc1)C(=O)NCC(C)C)S(=O)(=O)c1ccccc1. The van der Waals surface area contributed by atoms with E-state index < -0.39 is 28.5 Å². The average Bonchev–Trinajstić information content (AvgIpc) is 3.03. The van der Waals surface area contributed by atoms with Gasteiger partial charge in [-0.05, 0) is 59.9 Å². The summed E-state index contributed by atoms with van der Waals surface area (Å²) in [7, 11) is -4.23. The number of carbonyl (C=O) groups is 2. The minimum Gasteiger partial charge on any atom is -0.354 e. The van der Waals surface area contributed by atoms with Crippen LogP contribution in [0.25, 0.3) is 0 Å². The van der Waals surface area contributed by atoms with E-state index in [4.69, 9.17) is 23.2 Å². The van der Waals surface area contributed by atoms with Crippen LogP contribution in [0.4, 0.5) is 5.69 Å². The number of hydrogen-bond acceptors (Lipinski definition) is 4. The molecule has 0 bridgehead atoms. The Morgan fingerprint density at radius 1 is 0.844 bits per heavy atom. The molecule has 4 aromatic rings. The van der Waals surface area contributed by atoms with Crippen molar-refractivity contribution in [2.45, 2.75) is 44.7 Å². The van der Waals surface area contributed by atoms with E-state index in [0.717, 1.165) is 9.87 Å². The van der Waals surface area contributed by atoms with Gasteiger partial charge >= 0.3 is 0 Å². The van der Waals surface area contributed by atoms with Gasteiger partial charge in [0.25, 0.3) is 10.0 Å². The number of nitrogens with zero attached hydrogens (tertiary/aromatic N) is 2. The van der Waals surface area contributed by atoms with Crippen LogP contribution >= 0.6 is 23.2 Å². The normalized spacial score (nSPS) is 12.0. The van der Waals surface area contributed by atoms with E-state index in [1.807, 2.05) is 44.2 Å². The highest BCUT2D eigenvalue weighted by Gasteiger charge is 2.35. The average molecular weight is 667 g/mol. The third kappa shape index (κ3) is 8.87. The molecule has 0 aliphatic heterocycles. The maximum Gasteiger partial charge on any atom is 0.264 e. The van der Waals surface area contributed by atoms with E-state index in [9.17, 15) is 18.0 Å². The van der Waals surface area contributed by atoms with E-state index in [-0.39, 0.29) is 35.4 Å². The van der Waals surface area contributed by atoms with Crippen LogP contribution in [0.3, 0.4) is 0 Å². The zero-order valence-electron chi connectivity index (χ0n) is 25.5. The van der Waals surface area contributed by atoms with E-state index in [2.05, 4.69) is 5.32 Å². The Balaban J connectivity index is 1.83. The molecule has 0 aliphatic rings. The number of carbonyl (C=O) groups excluding carboxylic acids is 2. The van der Waals surface area contributed by atoms with Gasteiger partial charge in [-0.15, -0.1) is 0 Å². The topological polar surface area (TPSA) is 86.8 Å². The Bertz CT molecular complexity index is 1720. The summed E-state index contributed by atoms with van der Waals surface area (Å²) in [6.07, 6.45) is 0.211. The summed E-state index contributed by atoms with van der Waals surface area (Å²) in [5.74, 6) is -0.741. The third-order valence-electron chi connectivity index (χ3n) is 7.30. The number of rotatable bonds is 13. The molecule has 1 unspecified atom stereocenters. The van der Waals surface area contributed by atoms with Crippen LogP contribution in [0.1, 0.15) is 30.5 Å². The molecule has 2 amide bonds. The van der Waals surface area contributed by atoms with Crippen molar-refractivity contribution in [2.75, 3.05) is 17.4 Å². The third-order valence-corrected chi connectivity index (χ3v) is 9.68. The minimum atomic E-state index is -4.23. The first-order valence-electron chi connectivity index (χ1n) is 14.7. The molecule has 4 aromatic carbocycles. The van der Waals surface area contributed by atoms with E-state index in [0.29, 0.717) is 27.7 Å². The van der Waals surface area contributed by atoms with Gasteiger partial charge in [0.1, 0.15) is 12.6 Å². The molecule has 0 aliphatic carbocycles. The number of amides is 2. The summed E-state index contributed by atoms with van der Waals surface area (Å²) < 4.78 is 29.4. The fraction of sp³-hybridized carbons (Fsp3) is 0.257. The summed E-state index contributed by atoms with van der Waals surface area (Å²) in [5, 5.41) is 3.73. The number of anilines is 1. The van der Waals surface area contributed by atoms with E-state index in [1.165, 1.54) is 23.1 Å². The molecule has 4 rings (SSSR count). The molecule has 45 heavy (non-hydrogen) atoms. The standard InChI is InChI=1S/C35H37Cl2N3O4S/c1-25(2)22-38-35(42)33(20-27-12-6-4-7-13-27)39(23-28-14-10-11-17-31(28)37)34(41)24-40(32-21-29(36)19-18-26(32)3)45(43,44)30-15-8-5-9-16-30/h4-19,21,25,33H,20,22-24H2,1-3H3,(H,38,42). The Labute approximate surface area is 275 Å². The second-order valence-electron chi connectivity index (χ2n) is 11.2. The lowest BCUT2D eigenvalue weighted by atomic mass is 10.0. The molecule has 10 heteroatoms. The van der Waals surface area contributed by atoms with E-state index >= 15 is 0 Å². The van der Waals surface area contributed by atoms with Crippen LogP contribution < -0.4 is 9.62 Å². The zero-order chi connectivity index (χ0) is 32.6. The fourth-order valence-corrected chi connectivity index (χ4v) is 6.72. The van der Waals surface area contributed by atoms with Crippen molar-refractivity contribution in [1.29, 1.82) is 0 Å². The van der Waals surface area contributed by atoms with Gasteiger partial charge in [-0.25, -0.2) is 8.42 Å². The molecule has 0 saturated heterocycles. The highest BCUT2D eigenvalue weighted by atomic mass is 35.5. The molecular formula is C35H37Cl2N3O4S. The van der Waals surface area contributed by atoms with Gasteiger partial charge in [0.05, 0.1) is 10.6 Å². The monoisotopic (exact) mass is 665 g/mol. The van der Waals surface area contributed by atoms with Crippen LogP contribution in [-0.2, 0) is 32.6 Å². The number of hydrogen-bond donors (Lipinski definition) is 1. The van der Waals surface area contributed by atoms with Gasteiger partial charge in [-0.2, -0.15) is 0 Å². The highest BCUT2D eigenvalue weighted by molar-refractivity contribution is 7.92. The molecule has 236 valence electrons. The zero-order valence-corrected chi connectivity index (χ0v) is 27.8. The lowest BCUT2D eigenvalue weighted by molar-refractivity contribution is -0.140. The number of nitrogens with one attached hydrogen (secondary N) is 1. The van der Waals surface area contributed by atoms with Crippen molar-refractivity contribution in [2.24, 2.45) is 5.92 Å². The van der Waals surface area contributed by atoms with Gasteiger partial charge < -0.3 is 10.2 Å². The van der Waals surface area contributed by atoms with Crippen LogP contribution in [0.15, 0.2) is 108 Å². The number of benzene rings is 4. The molecule has 1 atom stereocenters. The Morgan fingerprint density at radius 2 is 1.47 bits per heavy atom. The number of sulfonamides is 1. The molecule has 0 heterocycles. The lowest BCUT2D eigenvalue weighted by Gasteiger charge is -2.34. The molecule has 0 saturated carbocycles. The van der Waals surface area contributed by atoms with Gasteiger partial charge in [0.2, 0.25) is 11.8 Å². The highest BCUT2D eigenvalue weighted by Crippen LogP contribution is 2.30. The van der Waals surface area contributed by atoms with Gasteiger partial charge in [0, 0.05) is 29.6 Å². The molecular weight excluding hydrogens is 629 g/mol. The summed E-state index contributed by atoms with van der Waals surface area (Å²) in [6.45, 7) is 5.54. The Hall–Kier alpha value is -3.85. The predicted octanol–water partition coefficient (Wildman–Crippen LogP) is 6.91. The predicted molar refractivity (Wildman–Crippen MR) is 181 cm³/mol. The maximum absolute atomic E-state index is 14.6. The number of halogens is 2. The second-order valence-corrected chi connectivity index (χ2v) is 13.9. The largest absolute Gasteiger partial charge is 0.354 e. The minimum absolute atomic E-state index is 0.0150. The first-order chi connectivity index (χ1) is 21.5. The molecule has 0 fully saturated rings. The first kappa shape index (κ1) is 34.0. The van der Waals surface area contributed by atoms with Crippen molar-refractivity contribution in [3.8, 4) is 0 Å². The van der Waals surface area contributed by atoms with Crippen molar-refractivity contribution >= 4 is 50.7 Å². The Kier molecular flexibility index (Phi) is 11.7. The quantitative estimate of drug-likeness (QED) is 0.168. The molecule has 1 N–H and O–H groups in total. The van der Waals surface area contributed by atoms with Crippen LogP contribution in [0.2, 0.25) is 10.0 Å². The summed E-state index contributed by atoms with van der Waals surface area (Å²) in [4.78, 5) is 29.9. The number of aryl methyl sites for hydroxylation is 1. The Morgan fingerprint density at radius 3 is 2.11 bits per heavy atom. The van der Waals surface area contributed by atoms with Crippen molar-refractivity contribution in [3.05, 3.63) is 130 Å². The van der Waals surface area contributed by atoms with Crippen LogP contribution in [0, 0.1) is 12.8 Å². The van der Waals surface area contributed by atoms with Crippen LogP contribution in [0.5, 0.6) is 0 Å². The van der Waals surface area contributed by atoms with Crippen molar-refractivity contribution in [3.63, 3.8) is 0 Å². The second kappa shape index (κ2) is 15.4. The lowest BCUT2D eigenvalue weighted by Crippen LogP contribution is -2.53. The van der Waals surface area contributed by atoms with Gasteiger partial charge in [-0.3, -0.25) is 13.9 Å². The van der Waals surface area contributed by atoms with Crippen molar-refractivity contribution < 1.29 is 18.0 Å². The fourth-order valence-electron chi connectivity index (χ4n) is 4.87. The molecule has 0 spiro atoms. The molecule has 0 radical (unpaired) electrons. The summed E-state index contributed by atoms with van der Waals surface area (Å²) >= 11 is 12.9. The molecule has 0 aromatic heterocycles. The molecule has 7 nitrogen and oxygen atoms in total. The summed E-state index contributed by atoms with van der Waals surface area (Å²) in [5.41, 5.74) is 2.35. The maximum atomic E-state index is 14.6. The summed E-state index contributed by atoms with van der Waals surface area (Å²) in [6, 6.07) is 28.3. The van der Waals surface area contributed by atoms with Crippen molar-refractivity contribution in [1.82, 2.24) is 10.2 Å². The van der Waals surface area contributed by atoms with Crippen LogP contribution in [-0.4, -0.2) is 44.3 Å². The smallest absolute Gasteiger partial charge is 0.264 e. The van der Waals surface area contributed by atoms with Gasteiger partial charge in [-0.1, -0.05) is 110 Å². The first-order valence-corrected chi connectivity index (χ1v) is 16.9. The van der Waals surface area contributed by atoms with E-state index in [1.54, 1.807) is 61.5 Å². The van der Waals surface area contributed by atoms with Gasteiger partial charge in [0.15, 0.2) is 0 Å².